The maximum atomic E-state index is 5.79. The summed E-state index contributed by atoms with van der Waals surface area (Å²) in [6.07, 6.45) is 2.48. The number of hydrogen-bond donors (Lipinski definition) is 1. The Labute approximate surface area is 99.0 Å². The van der Waals surface area contributed by atoms with Gasteiger partial charge in [0.15, 0.2) is 0 Å². The molecule has 5 nitrogen and oxygen atoms in total. The first kappa shape index (κ1) is 11.8. The Morgan fingerprint density at radius 1 is 1.38 bits per heavy atom. The first-order valence-corrected chi connectivity index (χ1v) is 6.33. The van der Waals surface area contributed by atoms with E-state index in [-0.39, 0.29) is 18.3 Å². The second-order valence-electron chi connectivity index (χ2n) is 4.13. The normalized spacial score (nSPS) is 30.3. The minimum absolute atomic E-state index is 0.178. The van der Waals surface area contributed by atoms with E-state index >= 15 is 0 Å². The average molecular weight is 243 g/mol. The fourth-order valence-corrected chi connectivity index (χ4v) is 2.58. The van der Waals surface area contributed by atoms with E-state index in [0.717, 1.165) is 17.8 Å². The Hall–Kier alpha value is -0.720. The summed E-state index contributed by atoms with van der Waals surface area (Å²) in [5.74, 6) is 0. The summed E-state index contributed by atoms with van der Waals surface area (Å²) in [6.45, 7) is 4.55. The van der Waals surface area contributed by atoms with Gasteiger partial charge in [-0.2, -0.15) is 0 Å². The Morgan fingerprint density at radius 3 is 2.62 bits per heavy atom. The van der Waals surface area contributed by atoms with Crippen molar-refractivity contribution in [2.24, 2.45) is 5.73 Å². The number of nitrogens with zero attached hydrogens (tertiary/aromatic N) is 2. The van der Waals surface area contributed by atoms with E-state index in [0.29, 0.717) is 11.7 Å². The summed E-state index contributed by atoms with van der Waals surface area (Å²) < 4.78 is 11.4. The molecule has 0 radical (unpaired) electrons. The first-order chi connectivity index (χ1) is 7.67. The number of ether oxygens (including phenoxy) is 2. The van der Waals surface area contributed by atoms with E-state index in [1.165, 1.54) is 11.3 Å². The molecule has 90 valence electrons. The SMILES string of the molecule is CC1CC(Oc2nnc(CN)s2)CC(C)O1. The molecule has 1 fully saturated rings. The van der Waals surface area contributed by atoms with Crippen molar-refractivity contribution >= 4 is 11.3 Å². The molecule has 2 atom stereocenters. The van der Waals surface area contributed by atoms with Crippen molar-refractivity contribution in [1.29, 1.82) is 0 Å². The molecule has 1 saturated heterocycles. The highest BCUT2D eigenvalue weighted by molar-refractivity contribution is 7.13. The summed E-state index contributed by atoms with van der Waals surface area (Å²) in [5, 5.41) is 9.31. The van der Waals surface area contributed by atoms with Gasteiger partial charge in [0.1, 0.15) is 11.1 Å². The lowest BCUT2D eigenvalue weighted by Crippen LogP contribution is -2.35. The van der Waals surface area contributed by atoms with E-state index in [4.69, 9.17) is 15.2 Å². The minimum atomic E-state index is 0.178. The second-order valence-corrected chi connectivity index (χ2v) is 5.16. The molecule has 1 aliphatic heterocycles. The van der Waals surface area contributed by atoms with Crippen LogP contribution in [0.3, 0.4) is 0 Å². The monoisotopic (exact) mass is 243 g/mol. The van der Waals surface area contributed by atoms with E-state index in [1.807, 2.05) is 0 Å². The molecular weight excluding hydrogens is 226 g/mol. The van der Waals surface area contributed by atoms with Crippen LogP contribution in [-0.4, -0.2) is 28.5 Å². The molecule has 1 aromatic heterocycles. The van der Waals surface area contributed by atoms with E-state index < -0.39 is 0 Å². The summed E-state index contributed by atoms with van der Waals surface area (Å²) >= 11 is 1.42. The van der Waals surface area contributed by atoms with Crippen LogP contribution >= 0.6 is 11.3 Å². The van der Waals surface area contributed by atoms with Gasteiger partial charge in [-0.15, -0.1) is 5.10 Å². The van der Waals surface area contributed by atoms with Crippen LogP contribution in [0.25, 0.3) is 0 Å². The Kier molecular flexibility index (Phi) is 3.73. The Bertz CT molecular complexity index is 335. The Morgan fingerprint density at radius 2 is 2.06 bits per heavy atom. The molecule has 16 heavy (non-hydrogen) atoms. The van der Waals surface area contributed by atoms with Crippen molar-refractivity contribution in [3.63, 3.8) is 0 Å². The number of aromatic nitrogens is 2. The molecule has 6 heteroatoms. The number of rotatable bonds is 3. The van der Waals surface area contributed by atoms with Crippen molar-refractivity contribution in [1.82, 2.24) is 10.2 Å². The van der Waals surface area contributed by atoms with Gasteiger partial charge in [0.25, 0.3) is 5.19 Å². The third kappa shape index (κ3) is 2.90. The van der Waals surface area contributed by atoms with Crippen LogP contribution in [0.4, 0.5) is 0 Å². The molecule has 1 aliphatic rings. The topological polar surface area (TPSA) is 70.3 Å². The molecule has 2 heterocycles. The van der Waals surface area contributed by atoms with Crippen molar-refractivity contribution in [3.05, 3.63) is 5.01 Å². The van der Waals surface area contributed by atoms with Crippen LogP contribution in [0.5, 0.6) is 5.19 Å². The van der Waals surface area contributed by atoms with Crippen LogP contribution in [0.15, 0.2) is 0 Å². The largest absolute Gasteiger partial charge is 0.465 e. The van der Waals surface area contributed by atoms with Crippen LogP contribution in [-0.2, 0) is 11.3 Å². The van der Waals surface area contributed by atoms with Crippen LogP contribution in [0.2, 0.25) is 0 Å². The number of nitrogens with two attached hydrogens (primary N) is 1. The Balaban J connectivity index is 1.93. The molecule has 2 unspecified atom stereocenters. The van der Waals surface area contributed by atoms with Gasteiger partial charge in [0.05, 0.1) is 12.2 Å². The van der Waals surface area contributed by atoms with E-state index in [2.05, 4.69) is 24.0 Å². The van der Waals surface area contributed by atoms with Gasteiger partial charge in [0.2, 0.25) is 0 Å². The fourth-order valence-electron chi connectivity index (χ4n) is 1.95. The summed E-state index contributed by atoms with van der Waals surface area (Å²) in [6, 6.07) is 0. The maximum Gasteiger partial charge on any atom is 0.294 e. The molecule has 2 rings (SSSR count). The summed E-state index contributed by atoms with van der Waals surface area (Å²) in [4.78, 5) is 0. The molecule has 2 N–H and O–H groups in total. The van der Waals surface area contributed by atoms with Crippen molar-refractivity contribution in [2.45, 2.75) is 51.5 Å². The fraction of sp³-hybridized carbons (Fsp3) is 0.800. The molecule has 1 aromatic rings. The predicted octanol–water partition coefficient (Wildman–Crippen LogP) is 1.33. The summed E-state index contributed by atoms with van der Waals surface area (Å²) in [7, 11) is 0. The zero-order chi connectivity index (χ0) is 11.5. The second kappa shape index (κ2) is 5.07. The van der Waals surface area contributed by atoms with E-state index in [1.54, 1.807) is 0 Å². The molecule has 0 amide bonds. The highest BCUT2D eigenvalue weighted by atomic mass is 32.1. The van der Waals surface area contributed by atoms with Gasteiger partial charge in [-0.25, -0.2) is 0 Å². The van der Waals surface area contributed by atoms with Gasteiger partial charge in [0, 0.05) is 19.4 Å². The standard InChI is InChI=1S/C10H17N3O2S/c1-6-3-8(4-7(2)14-6)15-10-13-12-9(5-11)16-10/h6-8H,3-5,11H2,1-2H3. The molecular formula is C10H17N3O2S. The zero-order valence-electron chi connectivity index (χ0n) is 9.55. The van der Waals surface area contributed by atoms with Crippen LogP contribution < -0.4 is 10.5 Å². The van der Waals surface area contributed by atoms with Gasteiger partial charge in [-0.3, -0.25) is 0 Å². The molecule has 0 aliphatic carbocycles. The summed E-state index contributed by atoms with van der Waals surface area (Å²) in [5.41, 5.74) is 5.47. The quantitative estimate of drug-likeness (QED) is 0.867. The van der Waals surface area contributed by atoms with Gasteiger partial charge < -0.3 is 15.2 Å². The van der Waals surface area contributed by atoms with Gasteiger partial charge in [-0.05, 0) is 13.8 Å². The van der Waals surface area contributed by atoms with Crippen molar-refractivity contribution in [2.75, 3.05) is 0 Å². The molecule has 0 spiro atoms. The smallest absolute Gasteiger partial charge is 0.294 e. The van der Waals surface area contributed by atoms with Crippen LogP contribution in [0, 0.1) is 0 Å². The highest BCUT2D eigenvalue weighted by Gasteiger charge is 2.26. The first-order valence-electron chi connectivity index (χ1n) is 5.52. The third-order valence-corrected chi connectivity index (χ3v) is 3.38. The predicted molar refractivity (Wildman–Crippen MR) is 61.5 cm³/mol. The maximum absolute atomic E-state index is 5.79. The van der Waals surface area contributed by atoms with Gasteiger partial charge >= 0.3 is 0 Å². The zero-order valence-corrected chi connectivity index (χ0v) is 10.4. The van der Waals surface area contributed by atoms with Crippen molar-refractivity contribution < 1.29 is 9.47 Å². The lowest BCUT2D eigenvalue weighted by molar-refractivity contribution is -0.0722. The van der Waals surface area contributed by atoms with Crippen LogP contribution in [0.1, 0.15) is 31.7 Å². The lowest BCUT2D eigenvalue weighted by atomic mass is 10.0. The van der Waals surface area contributed by atoms with E-state index in [9.17, 15) is 0 Å². The third-order valence-electron chi connectivity index (χ3n) is 2.54. The highest BCUT2D eigenvalue weighted by Crippen LogP contribution is 2.25. The molecule has 0 saturated carbocycles. The minimum Gasteiger partial charge on any atom is -0.465 e. The number of hydrogen-bond acceptors (Lipinski definition) is 6. The van der Waals surface area contributed by atoms with Gasteiger partial charge in [-0.1, -0.05) is 16.4 Å². The molecule has 0 bridgehead atoms. The average Bonchev–Trinajstić information content (AvgIpc) is 2.64. The molecule has 0 aromatic carbocycles. The van der Waals surface area contributed by atoms with Crippen molar-refractivity contribution in [3.8, 4) is 5.19 Å². The lowest BCUT2D eigenvalue weighted by Gasteiger charge is -2.31.